The zero-order valence-corrected chi connectivity index (χ0v) is 20.2. The van der Waals surface area contributed by atoms with E-state index in [-0.39, 0.29) is 18.8 Å². The Morgan fingerprint density at radius 1 is 1.00 bits per heavy atom. The van der Waals surface area contributed by atoms with Crippen molar-refractivity contribution in [1.82, 2.24) is 0 Å². The molecule has 0 aromatic heterocycles. The molecule has 0 bridgehead atoms. The molecule has 1 aliphatic heterocycles. The lowest BCUT2D eigenvalue weighted by Gasteiger charge is -2.44. The molecule has 0 saturated carbocycles. The molecule has 0 aliphatic carbocycles. The highest BCUT2D eigenvalue weighted by atomic mass is 16.6. The number of nitrogens with one attached hydrogen (secondary N) is 1. The number of ether oxygens (including phenoxy) is 3. The van der Waals surface area contributed by atoms with E-state index in [1.807, 2.05) is 38.1 Å². The van der Waals surface area contributed by atoms with Gasteiger partial charge in [0.15, 0.2) is 0 Å². The Bertz CT molecular complexity index is 1130. The second kappa shape index (κ2) is 10.8. The van der Waals surface area contributed by atoms with Crippen LogP contribution in [0.1, 0.15) is 42.2 Å². The van der Waals surface area contributed by atoms with Crippen LogP contribution in [0.4, 0.5) is 5.69 Å². The van der Waals surface area contributed by atoms with Crippen LogP contribution in [-0.2, 0) is 22.4 Å². The van der Waals surface area contributed by atoms with Gasteiger partial charge in [0.2, 0.25) is 0 Å². The molecule has 0 spiro atoms. The number of benzene rings is 3. The Labute approximate surface area is 203 Å². The van der Waals surface area contributed by atoms with Crippen LogP contribution in [0.15, 0.2) is 72.8 Å². The van der Waals surface area contributed by atoms with E-state index in [0.29, 0.717) is 6.61 Å². The second-order valence-electron chi connectivity index (χ2n) is 9.20. The van der Waals surface area contributed by atoms with E-state index < -0.39 is 5.60 Å². The van der Waals surface area contributed by atoms with Crippen LogP contribution in [0.25, 0.3) is 0 Å². The second-order valence-corrected chi connectivity index (χ2v) is 9.20. The Kier molecular flexibility index (Phi) is 7.57. The standard InChI is InChI=1S/C30H33NO3/c1-5-18-33-29-28(32-19-17-23-12-7-6-8-13-23)26-20-25(15-16-27(26)34-30(29,3)4)31-21-24-14-10-9-11-22(24)2/h1,6-16,20,28-29,31H,17-19,21H2,2-4H3. The molecule has 4 nitrogen and oxygen atoms in total. The third-order valence-corrected chi connectivity index (χ3v) is 6.27. The maximum absolute atomic E-state index is 6.49. The highest BCUT2D eigenvalue weighted by Gasteiger charge is 2.45. The summed E-state index contributed by atoms with van der Waals surface area (Å²) in [6, 6.07) is 24.9. The van der Waals surface area contributed by atoms with Crippen LogP contribution in [0.5, 0.6) is 5.75 Å². The molecule has 3 aromatic carbocycles. The van der Waals surface area contributed by atoms with Crippen molar-refractivity contribution in [3.8, 4) is 18.1 Å². The predicted molar refractivity (Wildman–Crippen MR) is 137 cm³/mol. The molecule has 0 radical (unpaired) electrons. The highest BCUT2D eigenvalue weighted by Crippen LogP contribution is 2.44. The summed E-state index contributed by atoms with van der Waals surface area (Å²) in [5, 5.41) is 3.55. The quantitative estimate of drug-likeness (QED) is 0.396. The van der Waals surface area contributed by atoms with E-state index in [1.54, 1.807) is 0 Å². The van der Waals surface area contributed by atoms with Crippen molar-refractivity contribution in [3.05, 3.63) is 95.1 Å². The average molecular weight is 456 g/mol. The summed E-state index contributed by atoms with van der Waals surface area (Å²) in [6.45, 7) is 7.69. The van der Waals surface area contributed by atoms with Gasteiger partial charge in [0, 0.05) is 17.8 Å². The van der Waals surface area contributed by atoms with E-state index in [4.69, 9.17) is 20.6 Å². The van der Waals surface area contributed by atoms with E-state index in [9.17, 15) is 0 Å². The van der Waals surface area contributed by atoms with Crippen LogP contribution in [0.2, 0.25) is 0 Å². The van der Waals surface area contributed by atoms with Gasteiger partial charge < -0.3 is 19.5 Å². The Balaban J connectivity index is 1.57. The summed E-state index contributed by atoms with van der Waals surface area (Å²) < 4.78 is 19.0. The fraction of sp³-hybridized carbons (Fsp3) is 0.333. The fourth-order valence-electron chi connectivity index (χ4n) is 4.40. The maximum Gasteiger partial charge on any atom is 0.132 e. The van der Waals surface area contributed by atoms with E-state index in [2.05, 4.69) is 66.7 Å². The number of anilines is 1. The Morgan fingerprint density at radius 3 is 2.53 bits per heavy atom. The predicted octanol–water partition coefficient (Wildman–Crippen LogP) is 6.10. The molecular formula is C30H33NO3. The van der Waals surface area contributed by atoms with Crippen LogP contribution in [0, 0.1) is 19.3 Å². The minimum atomic E-state index is -0.586. The topological polar surface area (TPSA) is 39.7 Å². The maximum atomic E-state index is 6.49. The van der Waals surface area contributed by atoms with Gasteiger partial charge in [0.25, 0.3) is 0 Å². The van der Waals surface area contributed by atoms with Crippen LogP contribution < -0.4 is 10.1 Å². The van der Waals surface area contributed by atoms with Gasteiger partial charge in [-0.15, -0.1) is 6.42 Å². The van der Waals surface area contributed by atoms with Gasteiger partial charge in [-0.25, -0.2) is 0 Å². The fourth-order valence-corrected chi connectivity index (χ4v) is 4.40. The molecule has 34 heavy (non-hydrogen) atoms. The van der Waals surface area contributed by atoms with Crippen molar-refractivity contribution in [2.75, 3.05) is 18.5 Å². The molecule has 1 N–H and O–H groups in total. The summed E-state index contributed by atoms with van der Waals surface area (Å²) in [4.78, 5) is 0. The number of hydrogen-bond acceptors (Lipinski definition) is 4. The number of hydrogen-bond donors (Lipinski definition) is 1. The molecule has 1 heterocycles. The molecule has 0 amide bonds. The summed E-state index contributed by atoms with van der Waals surface area (Å²) in [5.41, 5.74) is 5.18. The van der Waals surface area contributed by atoms with Gasteiger partial charge in [-0.05, 0) is 62.1 Å². The zero-order valence-electron chi connectivity index (χ0n) is 20.2. The van der Waals surface area contributed by atoms with Gasteiger partial charge in [0.1, 0.15) is 30.2 Å². The first-order valence-corrected chi connectivity index (χ1v) is 11.8. The molecule has 0 saturated heterocycles. The molecular weight excluding hydrogens is 422 g/mol. The summed E-state index contributed by atoms with van der Waals surface area (Å²) in [7, 11) is 0. The van der Waals surface area contributed by atoms with Crippen molar-refractivity contribution in [2.24, 2.45) is 0 Å². The van der Waals surface area contributed by atoms with Crippen molar-refractivity contribution in [3.63, 3.8) is 0 Å². The largest absolute Gasteiger partial charge is 0.485 e. The minimum Gasteiger partial charge on any atom is -0.485 e. The normalized spacial score (nSPS) is 18.4. The molecule has 2 atom stereocenters. The number of rotatable bonds is 9. The van der Waals surface area contributed by atoms with Crippen molar-refractivity contribution in [1.29, 1.82) is 0 Å². The Hall–Kier alpha value is -3.26. The highest BCUT2D eigenvalue weighted by molar-refractivity contribution is 5.54. The molecule has 1 aliphatic rings. The van der Waals surface area contributed by atoms with E-state index in [1.165, 1.54) is 16.7 Å². The lowest BCUT2D eigenvalue weighted by molar-refractivity contribution is -0.156. The summed E-state index contributed by atoms with van der Waals surface area (Å²) in [5.74, 6) is 3.41. The van der Waals surface area contributed by atoms with Crippen LogP contribution >= 0.6 is 0 Å². The molecule has 2 unspecified atom stereocenters. The molecule has 4 heteroatoms. The first-order valence-electron chi connectivity index (χ1n) is 11.8. The third kappa shape index (κ3) is 5.62. The lowest BCUT2D eigenvalue weighted by atomic mass is 9.87. The van der Waals surface area contributed by atoms with Gasteiger partial charge in [-0.2, -0.15) is 0 Å². The molecule has 4 rings (SSSR count). The average Bonchev–Trinajstić information content (AvgIpc) is 2.83. The molecule has 3 aromatic rings. The number of fused-ring (bicyclic) bond motifs is 1. The summed E-state index contributed by atoms with van der Waals surface area (Å²) in [6.07, 6.45) is 5.71. The molecule has 0 fully saturated rings. The number of terminal acetylenes is 1. The van der Waals surface area contributed by atoms with Gasteiger partial charge >= 0.3 is 0 Å². The van der Waals surface area contributed by atoms with Crippen molar-refractivity contribution >= 4 is 5.69 Å². The summed E-state index contributed by atoms with van der Waals surface area (Å²) >= 11 is 0. The first-order chi connectivity index (χ1) is 16.5. The third-order valence-electron chi connectivity index (χ3n) is 6.27. The zero-order chi connectivity index (χ0) is 24.0. The Morgan fingerprint density at radius 2 is 1.76 bits per heavy atom. The first kappa shape index (κ1) is 23.9. The van der Waals surface area contributed by atoms with E-state index in [0.717, 1.165) is 30.0 Å². The smallest absolute Gasteiger partial charge is 0.132 e. The lowest BCUT2D eigenvalue weighted by Crippen LogP contribution is -2.51. The minimum absolute atomic E-state index is 0.205. The van der Waals surface area contributed by atoms with Crippen molar-refractivity contribution < 1.29 is 14.2 Å². The van der Waals surface area contributed by atoms with Crippen LogP contribution in [0.3, 0.4) is 0 Å². The van der Waals surface area contributed by atoms with E-state index >= 15 is 0 Å². The van der Waals surface area contributed by atoms with Crippen LogP contribution in [-0.4, -0.2) is 24.9 Å². The van der Waals surface area contributed by atoms with Crippen molar-refractivity contribution in [2.45, 2.75) is 51.5 Å². The monoisotopic (exact) mass is 455 g/mol. The van der Waals surface area contributed by atoms with Gasteiger partial charge in [0.05, 0.1) is 6.61 Å². The number of aryl methyl sites for hydroxylation is 1. The van der Waals surface area contributed by atoms with Gasteiger partial charge in [-0.3, -0.25) is 0 Å². The van der Waals surface area contributed by atoms with Gasteiger partial charge in [-0.1, -0.05) is 60.5 Å². The molecule has 176 valence electrons. The SMILES string of the molecule is C#CCOC1C(OCCc2ccccc2)c2cc(NCc3ccccc3C)ccc2OC1(C)C.